The summed E-state index contributed by atoms with van der Waals surface area (Å²) in [4.78, 5) is 37.3. The van der Waals surface area contributed by atoms with Crippen molar-refractivity contribution in [3.05, 3.63) is 34.9 Å². The van der Waals surface area contributed by atoms with Crippen molar-refractivity contribution < 1.29 is 14.4 Å². The molecule has 7 heteroatoms. The number of rotatable bonds is 10. The maximum atomic E-state index is 12.6. The maximum Gasteiger partial charge on any atom is 0.243 e. The fourth-order valence-corrected chi connectivity index (χ4v) is 3.40. The minimum atomic E-state index is -0.499. The Labute approximate surface area is 165 Å². The van der Waals surface area contributed by atoms with Crippen molar-refractivity contribution in [2.45, 2.75) is 58.3 Å². The number of hydrogen-bond acceptors (Lipinski definition) is 4. The van der Waals surface area contributed by atoms with Gasteiger partial charge in [-0.1, -0.05) is 44.0 Å². The van der Waals surface area contributed by atoms with Gasteiger partial charge in [-0.15, -0.1) is 0 Å². The smallest absolute Gasteiger partial charge is 0.243 e. The van der Waals surface area contributed by atoms with Gasteiger partial charge >= 0.3 is 0 Å². The Hall–Kier alpha value is -1.92. The lowest BCUT2D eigenvalue weighted by Gasteiger charge is -2.33. The molecular weight excluding hydrogens is 366 g/mol. The van der Waals surface area contributed by atoms with E-state index >= 15 is 0 Å². The molecule has 0 saturated carbocycles. The minimum absolute atomic E-state index is 0.0997. The third-order valence-corrected chi connectivity index (χ3v) is 5.20. The zero-order chi connectivity index (χ0) is 19.8. The molecule has 1 saturated heterocycles. The monoisotopic (exact) mass is 393 g/mol. The molecule has 1 aromatic carbocycles. The lowest BCUT2D eigenvalue weighted by molar-refractivity contribution is -0.127. The molecule has 0 aliphatic carbocycles. The van der Waals surface area contributed by atoms with Crippen molar-refractivity contribution in [1.29, 1.82) is 0 Å². The number of aldehydes is 1. The molecule has 0 bridgehead atoms. The van der Waals surface area contributed by atoms with Crippen LogP contribution in [-0.4, -0.2) is 41.8 Å². The van der Waals surface area contributed by atoms with Gasteiger partial charge in [0.1, 0.15) is 12.3 Å². The number of nitrogens with one attached hydrogen (secondary N) is 2. The molecule has 2 rings (SSSR count). The summed E-state index contributed by atoms with van der Waals surface area (Å²) >= 11 is 6.08. The fraction of sp³-hybridized carbons (Fsp3) is 0.550. The Morgan fingerprint density at radius 2 is 2.26 bits per heavy atom. The van der Waals surface area contributed by atoms with E-state index in [2.05, 4.69) is 24.5 Å². The zero-order valence-corrected chi connectivity index (χ0v) is 16.7. The van der Waals surface area contributed by atoms with Crippen LogP contribution in [-0.2, 0) is 20.9 Å². The van der Waals surface area contributed by atoms with Gasteiger partial charge in [-0.3, -0.25) is 14.5 Å². The van der Waals surface area contributed by atoms with Gasteiger partial charge in [-0.2, -0.15) is 0 Å². The van der Waals surface area contributed by atoms with Crippen molar-refractivity contribution in [1.82, 2.24) is 15.5 Å². The Morgan fingerprint density at radius 1 is 1.48 bits per heavy atom. The topological polar surface area (TPSA) is 78.5 Å². The molecule has 27 heavy (non-hydrogen) atoms. The SMILES string of the molecule is CC[C@H](C)CC(NC(=O)[C@@H]1CCC(=O)N1)N(CC=O)Cc1cccc(Cl)c1. The summed E-state index contributed by atoms with van der Waals surface area (Å²) in [6.45, 7) is 4.92. The second-order valence-electron chi connectivity index (χ2n) is 7.16. The summed E-state index contributed by atoms with van der Waals surface area (Å²) in [5.41, 5.74) is 0.974. The highest BCUT2D eigenvalue weighted by Gasteiger charge is 2.30. The quantitative estimate of drug-likeness (QED) is 0.473. The van der Waals surface area contributed by atoms with Gasteiger partial charge in [0.2, 0.25) is 11.8 Å². The van der Waals surface area contributed by atoms with E-state index in [1.165, 1.54) is 0 Å². The first-order valence-corrected chi connectivity index (χ1v) is 9.82. The van der Waals surface area contributed by atoms with E-state index in [1.54, 1.807) is 6.07 Å². The minimum Gasteiger partial charge on any atom is -0.344 e. The van der Waals surface area contributed by atoms with Gasteiger partial charge in [-0.05, 0) is 36.5 Å². The first kappa shape index (κ1) is 21.4. The summed E-state index contributed by atoms with van der Waals surface area (Å²) in [6.07, 6.45) is 3.11. The number of halogens is 1. The van der Waals surface area contributed by atoms with Gasteiger partial charge in [0, 0.05) is 18.0 Å². The number of benzene rings is 1. The van der Waals surface area contributed by atoms with Crippen molar-refractivity contribution in [3.8, 4) is 0 Å². The van der Waals surface area contributed by atoms with E-state index in [0.717, 1.165) is 24.7 Å². The molecule has 1 aliphatic rings. The van der Waals surface area contributed by atoms with Crippen molar-refractivity contribution >= 4 is 29.7 Å². The molecule has 1 fully saturated rings. The van der Waals surface area contributed by atoms with Gasteiger partial charge < -0.3 is 15.4 Å². The average Bonchev–Trinajstić information content (AvgIpc) is 3.07. The van der Waals surface area contributed by atoms with Crippen LogP contribution in [0.3, 0.4) is 0 Å². The van der Waals surface area contributed by atoms with Crippen LogP contribution in [0, 0.1) is 5.92 Å². The zero-order valence-electron chi connectivity index (χ0n) is 15.9. The number of nitrogens with zero attached hydrogens (tertiary/aromatic N) is 1. The molecule has 2 N–H and O–H groups in total. The maximum absolute atomic E-state index is 12.6. The predicted molar refractivity (Wildman–Crippen MR) is 105 cm³/mol. The summed E-state index contributed by atoms with van der Waals surface area (Å²) < 4.78 is 0. The molecule has 1 unspecified atom stereocenters. The van der Waals surface area contributed by atoms with Gasteiger partial charge in [0.25, 0.3) is 0 Å². The van der Waals surface area contributed by atoms with Crippen LogP contribution in [0.25, 0.3) is 0 Å². The second-order valence-corrected chi connectivity index (χ2v) is 7.59. The van der Waals surface area contributed by atoms with E-state index in [1.807, 2.05) is 23.1 Å². The summed E-state index contributed by atoms with van der Waals surface area (Å²) in [6, 6.07) is 6.98. The average molecular weight is 394 g/mol. The normalized spacial score (nSPS) is 18.8. The summed E-state index contributed by atoms with van der Waals surface area (Å²) in [5, 5.41) is 6.38. The first-order valence-electron chi connectivity index (χ1n) is 9.44. The van der Waals surface area contributed by atoms with Crippen LogP contribution in [0.4, 0.5) is 0 Å². The predicted octanol–water partition coefficient (Wildman–Crippen LogP) is 2.50. The Bertz CT molecular complexity index is 668. The van der Waals surface area contributed by atoms with E-state index < -0.39 is 6.04 Å². The van der Waals surface area contributed by atoms with Crippen LogP contribution in [0.1, 0.15) is 45.1 Å². The first-order chi connectivity index (χ1) is 12.9. The van der Waals surface area contributed by atoms with Gasteiger partial charge in [0.05, 0.1) is 12.7 Å². The summed E-state index contributed by atoms with van der Waals surface area (Å²) in [7, 11) is 0. The van der Waals surface area contributed by atoms with Crippen LogP contribution in [0.5, 0.6) is 0 Å². The molecular formula is C20H28ClN3O3. The van der Waals surface area contributed by atoms with Gasteiger partial charge in [-0.25, -0.2) is 0 Å². The lowest BCUT2D eigenvalue weighted by atomic mass is 10.0. The molecule has 1 aliphatic heterocycles. The Morgan fingerprint density at radius 3 is 2.85 bits per heavy atom. The van der Waals surface area contributed by atoms with E-state index in [9.17, 15) is 14.4 Å². The van der Waals surface area contributed by atoms with Crippen LogP contribution in [0.15, 0.2) is 24.3 Å². The molecule has 3 atom stereocenters. The third-order valence-electron chi connectivity index (χ3n) is 4.97. The highest BCUT2D eigenvalue weighted by molar-refractivity contribution is 6.30. The molecule has 0 radical (unpaired) electrons. The molecule has 2 amide bonds. The van der Waals surface area contributed by atoms with E-state index in [0.29, 0.717) is 30.3 Å². The second kappa shape index (κ2) is 10.4. The van der Waals surface area contributed by atoms with Gasteiger partial charge in [0.15, 0.2) is 0 Å². The largest absolute Gasteiger partial charge is 0.344 e. The molecule has 0 spiro atoms. The molecule has 1 aromatic rings. The Kier molecular flexibility index (Phi) is 8.25. The highest BCUT2D eigenvalue weighted by atomic mass is 35.5. The van der Waals surface area contributed by atoms with Crippen molar-refractivity contribution in [2.75, 3.05) is 6.54 Å². The molecule has 1 heterocycles. The molecule has 0 aromatic heterocycles. The van der Waals surface area contributed by atoms with E-state index in [-0.39, 0.29) is 24.5 Å². The number of carbonyl (C=O) groups is 3. The number of hydrogen-bond donors (Lipinski definition) is 2. The van der Waals surface area contributed by atoms with E-state index in [4.69, 9.17) is 11.6 Å². The molecule has 6 nitrogen and oxygen atoms in total. The Balaban J connectivity index is 2.15. The standard InChI is InChI=1S/C20H28ClN3O3/c1-3-14(2)11-18(23-20(27)17-7-8-19(26)22-17)24(9-10-25)13-15-5-4-6-16(21)12-15/h4-6,10,12,14,17-18H,3,7-9,11,13H2,1-2H3,(H,22,26)(H,23,27)/t14-,17-,18?/m0/s1. The third kappa shape index (κ3) is 6.63. The lowest BCUT2D eigenvalue weighted by Crippen LogP contribution is -2.53. The summed E-state index contributed by atoms with van der Waals surface area (Å²) in [5.74, 6) is 0.0791. The van der Waals surface area contributed by atoms with Crippen LogP contribution in [0.2, 0.25) is 5.02 Å². The number of amides is 2. The van der Waals surface area contributed by atoms with Crippen molar-refractivity contribution in [3.63, 3.8) is 0 Å². The van der Waals surface area contributed by atoms with Crippen molar-refractivity contribution in [2.24, 2.45) is 5.92 Å². The highest BCUT2D eigenvalue weighted by Crippen LogP contribution is 2.18. The number of carbonyl (C=O) groups excluding carboxylic acids is 3. The fourth-order valence-electron chi connectivity index (χ4n) is 3.19. The molecule has 148 valence electrons. The van der Waals surface area contributed by atoms with Crippen LogP contribution >= 0.6 is 11.6 Å². The van der Waals surface area contributed by atoms with Crippen LogP contribution < -0.4 is 10.6 Å².